The predicted molar refractivity (Wildman–Crippen MR) is 97.3 cm³/mol. The first-order valence-corrected chi connectivity index (χ1v) is 7.98. The van der Waals surface area contributed by atoms with Crippen molar-refractivity contribution in [3.05, 3.63) is 64.6 Å². The van der Waals surface area contributed by atoms with Crippen LogP contribution in [0.2, 0.25) is 0 Å². The molecule has 0 unspecified atom stereocenters. The molecule has 0 bridgehead atoms. The van der Waals surface area contributed by atoms with Crippen molar-refractivity contribution in [3.8, 4) is 5.75 Å². The molecule has 128 valence electrons. The van der Waals surface area contributed by atoms with Gasteiger partial charge < -0.3 is 10.1 Å². The number of nitrogens with zero attached hydrogens (tertiary/aromatic N) is 2. The van der Waals surface area contributed by atoms with E-state index < -0.39 is 0 Å². The summed E-state index contributed by atoms with van der Waals surface area (Å²) < 4.78 is 6.45. The molecule has 1 amide bonds. The number of carbonyl (C=O) groups is 1. The average molecular weight is 337 g/mol. The van der Waals surface area contributed by atoms with Gasteiger partial charge in [-0.1, -0.05) is 18.2 Å². The van der Waals surface area contributed by atoms with Gasteiger partial charge in [0.2, 0.25) is 0 Å². The first kappa shape index (κ1) is 16.7. The van der Waals surface area contributed by atoms with Crippen molar-refractivity contribution in [2.24, 2.45) is 0 Å². The lowest BCUT2D eigenvalue weighted by Gasteiger charge is -2.13. The summed E-state index contributed by atoms with van der Waals surface area (Å²) in [7, 11) is 1.58. The minimum Gasteiger partial charge on any atom is -0.497 e. The molecule has 1 N–H and O–H groups in total. The summed E-state index contributed by atoms with van der Waals surface area (Å²) in [6.45, 7) is 3.71. The Morgan fingerprint density at radius 3 is 2.32 bits per heavy atom. The molecule has 0 aliphatic carbocycles. The van der Waals surface area contributed by atoms with Gasteiger partial charge in [-0.05, 0) is 44.2 Å². The Balaban J connectivity index is 2.05. The number of hydrogen-bond donors (Lipinski definition) is 1. The maximum Gasteiger partial charge on any atom is 0.276 e. The minimum absolute atomic E-state index is 0.148. The number of amides is 1. The van der Waals surface area contributed by atoms with E-state index in [1.165, 1.54) is 4.68 Å². The second-order valence-electron chi connectivity index (χ2n) is 5.92. The Kier molecular flexibility index (Phi) is 4.52. The second kappa shape index (κ2) is 6.76. The van der Waals surface area contributed by atoms with Gasteiger partial charge >= 0.3 is 0 Å². The fraction of sp³-hybridized carbons (Fsp3) is 0.211. The molecule has 1 heterocycles. The van der Waals surface area contributed by atoms with Gasteiger partial charge in [-0.2, -0.15) is 5.10 Å². The van der Waals surface area contributed by atoms with Crippen LogP contribution in [-0.2, 0) is 0 Å². The maximum atomic E-state index is 12.7. The van der Waals surface area contributed by atoms with Gasteiger partial charge in [0.25, 0.3) is 11.5 Å². The van der Waals surface area contributed by atoms with Gasteiger partial charge in [-0.25, -0.2) is 4.68 Å². The normalized spacial score (nSPS) is 10.9. The van der Waals surface area contributed by atoms with E-state index in [-0.39, 0.29) is 23.2 Å². The number of hydrogen-bond acceptors (Lipinski definition) is 4. The molecule has 0 aliphatic heterocycles. The largest absolute Gasteiger partial charge is 0.497 e. The highest BCUT2D eigenvalue weighted by molar-refractivity contribution is 6.11. The molecule has 0 aliphatic rings. The Bertz CT molecular complexity index is 975. The average Bonchev–Trinajstić information content (AvgIpc) is 2.62. The van der Waals surface area contributed by atoms with Crippen molar-refractivity contribution in [1.82, 2.24) is 9.78 Å². The Morgan fingerprint density at radius 1 is 1.08 bits per heavy atom. The molecule has 0 saturated carbocycles. The van der Waals surface area contributed by atoms with Crippen molar-refractivity contribution in [2.45, 2.75) is 19.9 Å². The van der Waals surface area contributed by atoms with Crippen molar-refractivity contribution < 1.29 is 9.53 Å². The second-order valence-corrected chi connectivity index (χ2v) is 5.92. The Labute approximate surface area is 145 Å². The summed E-state index contributed by atoms with van der Waals surface area (Å²) in [5.41, 5.74) is 0.644. The molecule has 3 aromatic rings. The molecule has 6 nitrogen and oxygen atoms in total. The van der Waals surface area contributed by atoms with Gasteiger partial charge in [0.1, 0.15) is 5.75 Å². The molecule has 0 atom stereocenters. The molecule has 25 heavy (non-hydrogen) atoms. The minimum atomic E-state index is -0.365. The van der Waals surface area contributed by atoms with Gasteiger partial charge in [0, 0.05) is 11.1 Å². The lowest BCUT2D eigenvalue weighted by molar-refractivity contribution is 0.102. The molecule has 1 aromatic heterocycles. The number of rotatable bonds is 4. The van der Waals surface area contributed by atoms with Crippen molar-refractivity contribution >= 4 is 22.4 Å². The van der Waals surface area contributed by atoms with Crippen molar-refractivity contribution in [2.75, 3.05) is 12.4 Å². The number of ether oxygens (including phenoxy) is 1. The number of carbonyl (C=O) groups excluding carboxylic acids is 1. The van der Waals surface area contributed by atoms with Crippen LogP contribution in [0, 0.1) is 0 Å². The molecule has 2 aromatic carbocycles. The molecule has 0 radical (unpaired) electrons. The van der Waals surface area contributed by atoms with Crippen LogP contribution in [0.5, 0.6) is 5.75 Å². The monoisotopic (exact) mass is 337 g/mol. The van der Waals surface area contributed by atoms with Gasteiger partial charge in [0.15, 0.2) is 5.69 Å². The van der Waals surface area contributed by atoms with E-state index in [1.54, 1.807) is 55.6 Å². The summed E-state index contributed by atoms with van der Waals surface area (Å²) in [5.74, 6) is 0.339. The van der Waals surface area contributed by atoms with Crippen LogP contribution in [0.3, 0.4) is 0 Å². The van der Waals surface area contributed by atoms with E-state index in [0.717, 1.165) is 0 Å². The third-order valence-corrected chi connectivity index (χ3v) is 3.88. The van der Waals surface area contributed by atoms with Crippen LogP contribution in [-0.4, -0.2) is 22.8 Å². The number of methoxy groups -OCH3 is 1. The summed E-state index contributed by atoms with van der Waals surface area (Å²) in [4.78, 5) is 25.3. The number of aromatic nitrogens is 2. The van der Waals surface area contributed by atoms with Gasteiger partial charge in [0.05, 0.1) is 18.5 Å². The Hall–Kier alpha value is -3.15. The van der Waals surface area contributed by atoms with Crippen molar-refractivity contribution in [3.63, 3.8) is 0 Å². The zero-order valence-electron chi connectivity index (χ0n) is 14.3. The molecule has 0 spiro atoms. The van der Waals surface area contributed by atoms with Crippen LogP contribution in [0.4, 0.5) is 5.69 Å². The Morgan fingerprint density at radius 2 is 1.72 bits per heavy atom. The lowest BCUT2D eigenvalue weighted by Crippen LogP contribution is -2.28. The highest BCUT2D eigenvalue weighted by atomic mass is 16.5. The molecule has 0 saturated heterocycles. The smallest absolute Gasteiger partial charge is 0.276 e. The van der Waals surface area contributed by atoms with E-state index in [0.29, 0.717) is 22.2 Å². The van der Waals surface area contributed by atoms with Crippen LogP contribution in [0.15, 0.2) is 53.3 Å². The summed E-state index contributed by atoms with van der Waals surface area (Å²) in [6.07, 6.45) is 0. The standard InChI is InChI=1S/C19H19N3O3/c1-12(2)22-19(24)16-7-5-4-6-15(16)17(21-22)18(23)20-13-8-10-14(25-3)11-9-13/h4-12H,1-3H3,(H,20,23). The maximum absolute atomic E-state index is 12.7. The fourth-order valence-corrected chi connectivity index (χ4v) is 2.59. The SMILES string of the molecule is COc1ccc(NC(=O)c2nn(C(C)C)c(=O)c3ccccc23)cc1. The lowest BCUT2D eigenvalue weighted by atomic mass is 10.1. The van der Waals surface area contributed by atoms with E-state index >= 15 is 0 Å². The molecular weight excluding hydrogens is 318 g/mol. The zero-order valence-corrected chi connectivity index (χ0v) is 14.3. The molecule has 0 fully saturated rings. The van der Waals surface area contributed by atoms with E-state index in [2.05, 4.69) is 10.4 Å². The summed E-state index contributed by atoms with van der Waals surface area (Å²) >= 11 is 0. The third-order valence-electron chi connectivity index (χ3n) is 3.88. The number of fused-ring (bicyclic) bond motifs is 1. The number of nitrogens with one attached hydrogen (secondary N) is 1. The highest BCUT2D eigenvalue weighted by Gasteiger charge is 2.17. The summed E-state index contributed by atoms with van der Waals surface area (Å²) in [6, 6.07) is 13.9. The fourth-order valence-electron chi connectivity index (χ4n) is 2.59. The quantitative estimate of drug-likeness (QED) is 0.793. The topological polar surface area (TPSA) is 73.2 Å². The first-order valence-electron chi connectivity index (χ1n) is 7.98. The van der Waals surface area contributed by atoms with E-state index in [1.807, 2.05) is 13.8 Å². The first-order chi connectivity index (χ1) is 12.0. The van der Waals surface area contributed by atoms with Crippen LogP contribution >= 0.6 is 0 Å². The highest BCUT2D eigenvalue weighted by Crippen LogP contribution is 2.18. The van der Waals surface area contributed by atoms with Gasteiger partial charge in [-0.3, -0.25) is 9.59 Å². The van der Waals surface area contributed by atoms with Crippen molar-refractivity contribution in [1.29, 1.82) is 0 Å². The summed E-state index contributed by atoms with van der Waals surface area (Å²) in [5, 5.41) is 8.13. The molecule has 6 heteroatoms. The predicted octanol–water partition coefficient (Wildman–Crippen LogP) is 3.24. The van der Waals surface area contributed by atoms with E-state index in [4.69, 9.17) is 4.74 Å². The van der Waals surface area contributed by atoms with Crippen LogP contribution in [0.1, 0.15) is 30.4 Å². The number of anilines is 1. The number of benzene rings is 2. The zero-order chi connectivity index (χ0) is 18.0. The molecular formula is C19H19N3O3. The third kappa shape index (κ3) is 3.24. The van der Waals surface area contributed by atoms with Gasteiger partial charge in [-0.15, -0.1) is 0 Å². The van der Waals surface area contributed by atoms with Crippen LogP contribution in [0.25, 0.3) is 10.8 Å². The molecule has 3 rings (SSSR count). The van der Waals surface area contributed by atoms with Crippen LogP contribution < -0.4 is 15.6 Å². The van der Waals surface area contributed by atoms with E-state index in [9.17, 15) is 9.59 Å².